The number of urea groups is 1. The number of nitrogen functional groups attached to an aromatic ring is 2. The average Bonchev–Trinajstić information content (AvgIpc) is 1.75. The summed E-state index contributed by atoms with van der Waals surface area (Å²) in [6.45, 7) is 40.0. The molecule has 1 radical (unpaired) electrons. The number of morpholine rings is 4. The van der Waals surface area contributed by atoms with E-state index < -0.39 is 18.8 Å². The third-order valence-electron chi connectivity index (χ3n) is 21.2. The first kappa shape index (κ1) is 121. The van der Waals surface area contributed by atoms with Crippen molar-refractivity contribution in [1.82, 2.24) is 39.2 Å². The number of aromatic nitrogens is 4. The van der Waals surface area contributed by atoms with Crippen molar-refractivity contribution in [1.29, 1.82) is 0 Å². The third kappa shape index (κ3) is 42.0. The number of ether oxygens (including phenoxy) is 7. The number of phenolic OH excluding ortho intramolecular Hbond substituents is 1. The van der Waals surface area contributed by atoms with E-state index in [-0.39, 0.29) is 169 Å². The van der Waals surface area contributed by atoms with E-state index in [2.05, 4.69) is 145 Å². The molecular formula is C98H127B2Cl3K2N14NaO18. The number of nitrogens with two attached hydrogens (primary N) is 2. The summed E-state index contributed by atoms with van der Waals surface area (Å²) in [4.78, 5) is 54.4. The molecular weight excluding hydrogens is 1890 g/mol. The van der Waals surface area contributed by atoms with Crippen molar-refractivity contribution in [3.05, 3.63) is 229 Å². The van der Waals surface area contributed by atoms with Gasteiger partial charge in [0, 0.05) is 219 Å². The zero-order chi connectivity index (χ0) is 97.7. The molecule has 4 aliphatic rings. The van der Waals surface area contributed by atoms with Crippen LogP contribution in [0.15, 0.2) is 206 Å². The maximum atomic E-state index is 13.2. The molecule has 4 fully saturated rings. The van der Waals surface area contributed by atoms with E-state index in [1.165, 1.54) is 5.56 Å². The fourth-order valence-electron chi connectivity index (χ4n) is 14.2. The molecule has 0 spiro atoms. The summed E-state index contributed by atoms with van der Waals surface area (Å²) in [7, 11) is -1.20. The molecule has 4 saturated heterocycles. The minimum Gasteiger partial charge on any atom is -1.00 e. The van der Waals surface area contributed by atoms with Gasteiger partial charge in [-0.25, -0.2) is 19.4 Å². The first-order valence-electron chi connectivity index (χ1n) is 44.5. The first-order valence-corrected chi connectivity index (χ1v) is 45.8. The van der Waals surface area contributed by atoms with Crippen LogP contribution in [0, 0.1) is 13.8 Å². The Morgan fingerprint density at radius 2 is 0.804 bits per heavy atom. The number of amides is 2. The summed E-state index contributed by atoms with van der Waals surface area (Å²) in [5, 5.41) is 73.1. The molecule has 32 nitrogen and oxygen atoms in total. The number of anilines is 6. The predicted molar refractivity (Wildman–Crippen MR) is 545 cm³/mol. The second-order valence-corrected chi connectivity index (χ2v) is 34.7. The molecule has 40 heteroatoms. The molecule has 4 aliphatic heterocycles. The normalized spacial score (nSPS) is 13.5. The van der Waals surface area contributed by atoms with Gasteiger partial charge in [-0.05, 0) is 123 Å². The van der Waals surface area contributed by atoms with Crippen molar-refractivity contribution in [2.45, 2.75) is 79.9 Å². The predicted octanol–water partition coefficient (Wildman–Crippen LogP) is 9.27. The average molecular weight is 2020 g/mol. The van der Waals surface area contributed by atoms with Gasteiger partial charge >= 0.3 is 112 Å². The van der Waals surface area contributed by atoms with Crippen LogP contribution in [0.4, 0.5) is 44.0 Å². The Bertz CT molecular complexity index is 5600. The summed E-state index contributed by atoms with van der Waals surface area (Å²) in [6.07, 6.45) is 0. The summed E-state index contributed by atoms with van der Waals surface area (Å²) in [5.41, 5.74) is 21.3. The van der Waals surface area contributed by atoms with Gasteiger partial charge in [0.05, 0.1) is 81.3 Å². The molecule has 6 heterocycles. The number of carbonyl (C=O) groups excluding carboxylic acids is 4. The van der Waals surface area contributed by atoms with Gasteiger partial charge in [0.25, 0.3) is 6.47 Å². The van der Waals surface area contributed by atoms with Gasteiger partial charge in [0.1, 0.15) is 54.5 Å². The van der Waals surface area contributed by atoms with E-state index in [0.717, 1.165) is 243 Å². The molecule has 12 aromatic rings. The first-order chi connectivity index (χ1) is 64.9. The van der Waals surface area contributed by atoms with Crippen LogP contribution in [0.3, 0.4) is 0 Å². The van der Waals surface area contributed by atoms with E-state index in [0.29, 0.717) is 37.1 Å². The van der Waals surface area contributed by atoms with Crippen LogP contribution >= 0.6 is 34.8 Å². The minimum absolute atomic E-state index is 0. The van der Waals surface area contributed by atoms with Crippen LogP contribution in [0.5, 0.6) is 23.0 Å². The number of alkyl halides is 1. The number of hydrogen-bond donors (Lipinski definition) is 10. The summed E-state index contributed by atoms with van der Waals surface area (Å²) >= 11 is 14.4. The monoisotopic (exact) mass is 2020 g/mol. The van der Waals surface area contributed by atoms with Gasteiger partial charge in [-0.2, -0.15) is 10.2 Å². The molecule has 0 unspecified atom stereocenters. The number of halogens is 3. The number of fused-ring (bicyclic) bond motifs is 4. The van der Waals surface area contributed by atoms with Crippen LogP contribution < -0.4 is 133 Å². The SMILES string of the molecule is CB(O)Nc1ccc(O)c2ccccc12.CB(O)Nc1ccc(OCCN2CCOCC2)c2ccccc12.Cc1ccc(-n2nc(C(C)(C)C)cc2N)cc1.Cc1ccc(-n2nc(C(C)(C)C)cc2NC(=O)Nc2ccc(OCCN3CCOCC3)c3ccccc23)cc1.ClCCN1CCOCC1.Nc1ccc(OCCN2CCOCC2)c2ccccc12.O=C(Cl)Cl.O=COO.O=CO[O-].[H-].[K+].[K].[Na+]. The van der Waals surface area contributed by atoms with Crippen molar-refractivity contribution in [3.63, 3.8) is 0 Å². The molecule has 0 bridgehead atoms. The van der Waals surface area contributed by atoms with Crippen molar-refractivity contribution >= 4 is 201 Å². The molecule has 2 aromatic heterocycles. The molecule has 16 rings (SSSR count). The Kier molecular flexibility index (Phi) is 57.2. The zero-order valence-corrected chi connectivity index (χ0v) is 91.8. The molecule has 0 aliphatic carbocycles. The van der Waals surface area contributed by atoms with E-state index >= 15 is 0 Å². The number of aromatic hydroxyl groups is 1. The number of hydrogen-bond acceptors (Lipinski definition) is 28. The Morgan fingerprint density at radius 3 is 1.17 bits per heavy atom. The van der Waals surface area contributed by atoms with Gasteiger partial charge in [0.15, 0.2) is 0 Å². The van der Waals surface area contributed by atoms with Crippen molar-refractivity contribution in [3.8, 4) is 34.4 Å². The fraction of sp³-hybridized carbons (Fsp3) is 0.367. The molecule has 727 valence electrons. The quantitative estimate of drug-likeness (QED) is 0.00393. The molecule has 10 aromatic carbocycles. The topological polar surface area (TPSA) is 404 Å². The molecule has 0 saturated carbocycles. The number of carbonyl (C=O) groups is 4. The number of benzene rings is 10. The van der Waals surface area contributed by atoms with Crippen LogP contribution in [-0.2, 0) is 49.1 Å². The van der Waals surface area contributed by atoms with Crippen LogP contribution in [-0.4, -0.2) is 306 Å². The molecule has 12 N–H and O–H groups in total. The van der Waals surface area contributed by atoms with E-state index in [9.17, 15) is 19.9 Å². The van der Waals surface area contributed by atoms with E-state index in [4.69, 9.17) is 86.2 Å². The Hall–Kier alpha value is -7.27. The fourth-order valence-corrected chi connectivity index (χ4v) is 14.5. The number of nitrogens with one attached hydrogen (secondary N) is 4. The Labute approximate surface area is 932 Å². The third-order valence-corrected chi connectivity index (χ3v) is 21.4. The van der Waals surface area contributed by atoms with Crippen molar-refractivity contribution in [2.24, 2.45) is 0 Å². The minimum atomic E-state index is -0.889. The second kappa shape index (κ2) is 65.1. The van der Waals surface area contributed by atoms with Crippen molar-refractivity contribution < 1.29 is 170 Å². The molecule has 138 heavy (non-hydrogen) atoms. The maximum Gasteiger partial charge on any atom is 1.00 e. The van der Waals surface area contributed by atoms with Gasteiger partial charge in [-0.15, -0.1) is 11.6 Å². The summed E-state index contributed by atoms with van der Waals surface area (Å²) in [5.74, 6) is 4.86. The van der Waals surface area contributed by atoms with Gasteiger partial charge < -0.3 is 92.0 Å². The summed E-state index contributed by atoms with van der Waals surface area (Å²) < 4.78 is 42.1. The zero-order valence-electron chi connectivity index (χ0n) is 82.3. The summed E-state index contributed by atoms with van der Waals surface area (Å²) in [6, 6.07) is 66.4. The van der Waals surface area contributed by atoms with E-state index in [1.54, 1.807) is 35.1 Å². The van der Waals surface area contributed by atoms with Gasteiger partial charge in [-0.3, -0.25) is 39.3 Å². The number of phenols is 1. The van der Waals surface area contributed by atoms with Gasteiger partial charge in [0.2, 0.25) is 0 Å². The Balaban J connectivity index is 0.000000353. The van der Waals surface area contributed by atoms with Crippen LogP contribution in [0.25, 0.3) is 54.5 Å². The van der Waals surface area contributed by atoms with Crippen LogP contribution in [0.1, 0.15) is 65.5 Å². The number of rotatable bonds is 24. The largest absolute Gasteiger partial charge is 1.00 e. The number of aryl methyl sites for hydroxylation is 2. The van der Waals surface area contributed by atoms with Gasteiger partial charge in [-0.1, -0.05) is 174 Å². The molecule has 0 atom stereocenters. The maximum absolute atomic E-state index is 13.2. The Morgan fingerprint density at radius 1 is 0.486 bits per heavy atom. The van der Waals surface area contributed by atoms with E-state index in [1.807, 2.05) is 183 Å². The second-order valence-electron chi connectivity index (χ2n) is 33.4. The molecule has 2 amide bonds. The van der Waals surface area contributed by atoms with Crippen molar-refractivity contribution in [2.75, 3.05) is 190 Å². The standard InChI is InChI=1S/C31H37N5O3.C17H23BN2O3.C16H20N2O2.C14H19N3.C11H12BNO2.C6H12ClNO.CCl2O.2CH2O3.2K.Na.H/c1-22-9-11-23(12-10-22)36-29(21-28(34-36)31(2,3)4)33-30(37)32-26-13-14-27(25-8-6-5-7-24(25)26)39-20-17-35-15-18-38-19-16-35;1-18(21)19-16-6-7-17(15-5-3-2-4-14(15)16)23-13-10-20-8-11-22-12-9-20;17-15-5-6-16(14-4-2-1-3-13(14)15)20-12-9-18-7-10-19-11-8-18;1-10-5-7-11(8-6-10)17-13(15)9-12(16-17)14(2,3)4;1-12(15)13-10-6-7-11(14)9-5-3-2-4-8(9)10;7-1-2-8-3-5-9-6-4-8;2-1(3)4;2*2-1-4-3;;;;/h5-14,21H,15-20H2,1-4H3,(H2,32,33,37);2-7,19,21H,8-13H2,1H3;1-6H,7-12,17H2;5-9H,15H2,1-4H3;2-7,13-15H,1H3;1-6H2;;2*1,3H;;;;/q;;;;;;;;;;2*+1;-1/p-1. The number of nitrogens with zero attached hydrogens (tertiary/aromatic N) is 8. The van der Waals surface area contributed by atoms with Crippen LogP contribution in [0.2, 0.25) is 13.6 Å². The smallest absolute Gasteiger partial charge is 1.00 e.